The molecule has 4 aliphatic heterocycles. The number of aldehydes is 1. The van der Waals surface area contributed by atoms with Gasteiger partial charge in [-0.05, 0) is 92.9 Å². The van der Waals surface area contributed by atoms with E-state index in [9.17, 15) is 29.4 Å². The highest BCUT2D eigenvalue weighted by Crippen LogP contribution is 2.37. The van der Waals surface area contributed by atoms with Gasteiger partial charge in [0, 0.05) is 44.6 Å². The minimum absolute atomic E-state index is 0.0156. The lowest BCUT2D eigenvalue weighted by Gasteiger charge is -2.49. The Kier molecular flexibility index (Phi) is 22.2. The molecule has 0 aromatic heterocycles. The second kappa shape index (κ2) is 26.2. The van der Waals surface area contributed by atoms with Gasteiger partial charge in [0.2, 0.25) is 0 Å². The van der Waals surface area contributed by atoms with Gasteiger partial charge in [-0.1, -0.05) is 52.0 Å². The quantitative estimate of drug-likeness (QED) is 0.128. The summed E-state index contributed by atoms with van der Waals surface area (Å²) in [6, 6.07) is -0.473. The molecule has 0 amide bonds. The van der Waals surface area contributed by atoms with E-state index in [1.807, 2.05) is 59.2 Å². The molecule has 4 heterocycles. The van der Waals surface area contributed by atoms with Crippen LogP contribution in [0.25, 0.3) is 0 Å². The number of rotatable bonds is 15. The van der Waals surface area contributed by atoms with E-state index in [1.165, 1.54) is 0 Å². The molecule has 0 bridgehead atoms. The lowest BCUT2D eigenvalue weighted by Crippen LogP contribution is -2.65. The molecule has 3 saturated heterocycles. The number of esters is 3. The molecular weight excluding hydrogens is 857 g/mol. The summed E-state index contributed by atoms with van der Waals surface area (Å²) in [6.07, 6.45) is 1.76. The van der Waals surface area contributed by atoms with Crippen molar-refractivity contribution < 1.29 is 72.0 Å². The number of carbonyl (C=O) groups is 4. The van der Waals surface area contributed by atoms with Crippen LogP contribution in [0.5, 0.6) is 0 Å². The maximum Gasteiger partial charge on any atom is 0.309 e. The number of carbonyl (C=O) groups excluding carboxylic acids is 4. The first-order valence-electron chi connectivity index (χ1n) is 24.1. The van der Waals surface area contributed by atoms with Crippen molar-refractivity contribution in [3.8, 4) is 0 Å². The van der Waals surface area contributed by atoms with Crippen molar-refractivity contribution in [2.45, 2.75) is 211 Å². The van der Waals surface area contributed by atoms with Crippen LogP contribution in [0.1, 0.15) is 120 Å². The zero-order chi connectivity index (χ0) is 48.9. The molecule has 4 aliphatic rings. The fourth-order valence-electron chi connectivity index (χ4n) is 9.43. The smallest absolute Gasteiger partial charge is 0.309 e. The lowest BCUT2D eigenvalue weighted by atomic mass is 9.83. The Labute approximate surface area is 393 Å². The van der Waals surface area contributed by atoms with Crippen LogP contribution < -0.4 is 0 Å². The summed E-state index contributed by atoms with van der Waals surface area (Å²) in [5.41, 5.74) is -1.46. The molecule has 2 N–H and O–H groups in total. The van der Waals surface area contributed by atoms with E-state index in [2.05, 4.69) is 11.8 Å². The van der Waals surface area contributed by atoms with E-state index >= 15 is 0 Å². The number of nitrogens with zero attached hydrogens (tertiary/aromatic N) is 2. The van der Waals surface area contributed by atoms with Crippen molar-refractivity contribution in [3.63, 3.8) is 0 Å². The normalized spacial score (nSPS) is 39.8. The maximum absolute atomic E-state index is 13.4. The molecule has 378 valence electrons. The Hall–Kier alpha value is -2.84. The second-order valence-corrected chi connectivity index (χ2v) is 19.9. The summed E-state index contributed by atoms with van der Waals surface area (Å²) < 4.78 is 56.1. The van der Waals surface area contributed by atoms with Crippen molar-refractivity contribution in [3.05, 3.63) is 24.3 Å². The molecule has 0 spiro atoms. The molecule has 17 nitrogen and oxygen atoms in total. The van der Waals surface area contributed by atoms with Crippen LogP contribution in [0.2, 0.25) is 0 Å². The highest BCUT2D eigenvalue weighted by atomic mass is 16.7. The zero-order valence-electron chi connectivity index (χ0n) is 41.6. The summed E-state index contributed by atoms with van der Waals surface area (Å²) in [4.78, 5) is 55.3. The molecule has 17 atom stereocenters. The van der Waals surface area contributed by atoms with Crippen molar-refractivity contribution in [2.75, 3.05) is 34.8 Å². The molecular formula is C49H82N2O15. The Balaban J connectivity index is 1.63. The van der Waals surface area contributed by atoms with Gasteiger partial charge in [-0.2, -0.15) is 0 Å². The third-order valence-corrected chi connectivity index (χ3v) is 13.1. The minimum atomic E-state index is -1.46. The van der Waals surface area contributed by atoms with E-state index in [0.717, 1.165) is 12.7 Å². The molecule has 0 aromatic rings. The van der Waals surface area contributed by atoms with Gasteiger partial charge in [0.15, 0.2) is 25.0 Å². The number of hydrogen-bond acceptors (Lipinski definition) is 17. The van der Waals surface area contributed by atoms with Gasteiger partial charge in [0.05, 0.1) is 43.5 Å². The van der Waals surface area contributed by atoms with Crippen molar-refractivity contribution in [1.82, 2.24) is 9.80 Å². The molecule has 0 saturated carbocycles. The van der Waals surface area contributed by atoms with E-state index in [1.54, 1.807) is 46.7 Å². The van der Waals surface area contributed by atoms with Crippen LogP contribution in [0.3, 0.4) is 0 Å². The molecule has 0 aliphatic carbocycles. The predicted molar refractivity (Wildman–Crippen MR) is 244 cm³/mol. The van der Waals surface area contributed by atoms with Crippen LogP contribution in [-0.2, 0) is 61.8 Å². The summed E-state index contributed by atoms with van der Waals surface area (Å²) in [5, 5.41) is 23.6. The molecule has 0 aromatic carbocycles. The molecule has 4 rings (SSSR count). The van der Waals surface area contributed by atoms with Crippen LogP contribution in [0.15, 0.2) is 24.3 Å². The van der Waals surface area contributed by atoms with Gasteiger partial charge in [-0.25, -0.2) is 0 Å². The summed E-state index contributed by atoms with van der Waals surface area (Å²) in [6.45, 7) is 14.6. The number of allylic oxidation sites excluding steroid dienone is 2. The molecule has 3 fully saturated rings. The van der Waals surface area contributed by atoms with E-state index in [4.69, 9.17) is 42.6 Å². The van der Waals surface area contributed by atoms with Crippen molar-refractivity contribution in [1.29, 1.82) is 0 Å². The Morgan fingerprint density at radius 1 is 0.939 bits per heavy atom. The van der Waals surface area contributed by atoms with Gasteiger partial charge in [0.25, 0.3) is 0 Å². The number of aliphatic hydroxyl groups is 2. The van der Waals surface area contributed by atoms with Crippen molar-refractivity contribution in [2.24, 2.45) is 17.8 Å². The molecule has 17 heteroatoms. The fourth-order valence-corrected chi connectivity index (χ4v) is 9.43. The maximum atomic E-state index is 13.4. The second-order valence-electron chi connectivity index (χ2n) is 19.9. The average molecular weight is 939 g/mol. The van der Waals surface area contributed by atoms with Crippen LogP contribution in [0, 0.1) is 17.8 Å². The molecule has 66 heavy (non-hydrogen) atoms. The summed E-state index contributed by atoms with van der Waals surface area (Å²) >= 11 is 0. The summed E-state index contributed by atoms with van der Waals surface area (Å²) in [7, 11) is 7.66. The number of aliphatic hydroxyl groups excluding tert-OH is 1. The van der Waals surface area contributed by atoms with Gasteiger partial charge >= 0.3 is 17.9 Å². The first-order valence-corrected chi connectivity index (χ1v) is 24.1. The third-order valence-electron chi connectivity index (χ3n) is 13.1. The highest BCUT2D eigenvalue weighted by molar-refractivity contribution is 5.72. The van der Waals surface area contributed by atoms with Crippen LogP contribution in [0.4, 0.5) is 0 Å². The molecule has 2 unspecified atom stereocenters. The van der Waals surface area contributed by atoms with Gasteiger partial charge in [0.1, 0.15) is 36.3 Å². The minimum Gasteiger partial charge on any atom is -0.462 e. The topological polar surface area (TPSA) is 198 Å². The Morgan fingerprint density at radius 3 is 2.29 bits per heavy atom. The summed E-state index contributed by atoms with van der Waals surface area (Å²) in [5.74, 6) is -2.14. The Morgan fingerprint density at radius 2 is 1.67 bits per heavy atom. The largest absolute Gasteiger partial charge is 0.462 e. The first kappa shape index (κ1) is 55.8. The number of hydrogen-bond donors (Lipinski definition) is 2. The van der Waals surface area contributed by atoms with Crippen LogP contribution >= 0.6 is 0 Å². The number of likely N-dealkylation sites (N-methyl/N-ethyl adjacent to an activating group) is 2. The number of cyclic esters (lactones) is 1. The standard InChI is InChI=1S/C49H82N2O15/c1-13-40(53)62-35-25-38(64-48-46(56)45(51(11)12)47(33(7)61-48)66-44-27-49(8,57)39(28-58-44)65-41(54)23-29(2)3)34(21-22-52)24-30(4)37(18-16-14-15-17-31(5)59-42(55)26-35)63-43-20-19-36(50(9)10)32(6)60-43/h14-16,18,22,29-39,43-48,56-57H,13,17,19-21,23-28H2,1-12H3/b15-14+,18-16-/t30-,31-,32-,33-,34+,35?,36+,37?,38-,39-,43+,44-,45-,46-,47-,48+,49+/m1/s1. The SMILES string of the molecule is CCC(=O)OC1CC(=O)O[C@H](C)C/C=C/C=C\C(O[C@H]2CC[C@H](N(C)C)[C@@H](C)O2)[C@H](C)C[C@H](CC=O)[C@H](O[C@@H]2O[C@H](C)[C@@H](O[C@@H]3C[C@](C)(O)[C@H](OC(=O)CC(C)C)CO3)[C@H](N(C)C)[C@H]2O)C1. The molecule has 0 radical (unpaired) electrons. The highest BCUT2D eigenvalue weighted by Gasteiger charge is 2.51. The predicted octanol–water partition coefficient (Wildman–Crippen LogP) is 4.87. The van der Waals surface area contributed by atoms with E-state index in [-0.39, 0.29) is 69.1 Å². The lowest BCUT2D eigenvalue weighted by molar-refractivity contribution is -0.333. The third kappa shape index (κ3) is 16.7. The van der Waals surface area contributed by atoms with Gasteiger partial charge in [-0.15, -0.1) is 0 Å². The van der Waals surface area contributed by atoms with Crippen molar-refractivity contribution >= 4 is 24.2 Å². The van der Waals surface area contributed by atoms with Crippen LogP contribution in [-0.4, -0.2) is 170 Å². The first-order chi connectivity index (χ1) is 31.1. The van der Waals surface area contributed by atoms with Gasteiger partial charge in [-0.3, -0.25) is 14.4 Å². The monoisotopic (exact) mass is 939 g/mol. The number of ether oxygens (including phenoxy) is 9. The van der Waals surface area contributed by atoms with E-state index < -0.39 is 103 Å². The average Bonchev–Trinajstić information content (AvgIpc) is 3.21. The zero-order valence-corrected chi connectivity index (χ0v) is 41.6. The van der Waals surface area contributed by atoms with E-state index in [0.29, 0.717) is 19.3 Å². The Bertz CT molecular complexity index is 1590. The fraction of sp³-hybridized carbons (Fsp3) is 0.837. The van der Waals surface area contributed by atoms with Gasteiger partial charge < -0.3 is 67.4 Å².